The minimum atomic E-state index is -3.87. The summed E-state index contributed by atoms with van der Waals surface area (Å²) >= 11 is 9.78. The van der Waals surface area contributed by atoms with Gasteiger partial charge in [0, 0.05) is 28.5 Å². The van der Waals surface area contributed by atoms with Crippen molar-refractivity contribution in [1.82, 2.24) is 10.2 Å². The van der Waals surface area contributed by atoms with E-state index in [-0.39, 0.29) is 24.9 Å². The Morgan fingerprint density at radius 3 is 2.26 bits per heavy atom. The van der Waals surface area contributed by atoms with Gasteiger partial charge in [0.25, 0.3) is 0 Å². The number of amides is 2. The van der Waals surface area contributed by atoms with Crippen LogP contribution in [0, 0.1) is 6.92 Å². The van der Waals surface area contributed by atoms with Gasteiger partial charge in [-0.25, -0.2) is 8.42 Å². The molecule has 0 radical (unpaired) electrons. The molecule has 0 aromatic heterocycles. The van der Waals surface area contributed by atoms with Gasteiger partial charge in [-0.1, -0.05) is 95.3 Å². The number of carbonyl (C=O) groups is 2. The molecule has 1 aliphatic carbocycles. The molecule has 224 valence electrons. The summed E-state index contributed by atoms with van der Waals surface area (Å²) in [5.41, 5.74) is 2.60. The van der Waals surface area contributed by atoms with E-state index in [9.17, 15) is 18.0 Å². The zero-order valence-corrected chi connectivity index (χ0v) is 27.1. The van der Waals surface area contributed by atoms with Gasteiger partial charge in [-0.2, -0.15) is 0 Å². The lowest BCUT2D eigenvalue weighted by Crippen LogP contribution is -2.55. The van der Waals surface area contributed by atoms with E-state index in [1.165, 1.54) is 4.90 Å². The number of rotatable bonds is 11. The minimum absolute atomic E-state index is 0.0517. The second-order valence-electron chi connectivity index (χ2n) is 10.9. The lowest BCUT2D eigenvalue weighted by atomic mass is 9.94. The van der Waals surface area contributed by atoms with Crippen molar-refractivity contribution < 1.29 is 18.0 Å². The molecule has 4 rings (SSSR count). The third-order valence-corrected chi connectivity index (χ3v) is 9.74. The van der Waals surface area contributed by atoms with Crippen LogP contribution in [0.4, 0.5) is 5.69 Å². The van der Waals surface area contributed by atoms with Crippen molar-refractivity contribution in [3.63, 3.8) is 0 Å². The summed E-state index contributed by atoms with van der Waals surface area (Å²) in [7, 11) is -3.87. The van der Waals surface area contributed by atoms with Crippen LogP contribution in [0.1, 0.15) is 48.8 Å². The number of halogens is 2. The Labute approximate surface area is 262 Å². The molecule has 0 saturated heterocycles. The first-order valence-corrected chi connectivity index (χ1v) is 17.2. The molecule has 1 atom stereocenters. The van der Waals surface area contributed by atoms with E-state index in [4.69, 9.17) is 11.6 Å². The highest BCUT2D eigenvalue weighted by Gasteiger charge is 2.34. The van der Waals surface area contributed by atoms with Crippen molar-refractivity contribution in [3.05, 3.63) is 99.0 Å². The SMILES string of the molecule is Cc1c(Cl)cccc1N(CC(=O)N(Cc1ccc(Br)cc1)[C@H](Cc1ccccc1)C(=O)NC1CCCCC1)S(C)(=O)=O. The smallest absolute Gasteiger partial charge is 0.244 e. The van der Waals surface area contributed by atoms with Gasteiger partial charge in [-0.3, -0.25) is 13.9 Å². The van der Waals surface area contributed by atoms with Crippen molar-refractivity contribution >= 4 is 55.1 Å². The second kappa shape index (κ2) is 14.5. The standard InChI is InChI=1S/C32H37BrClN3O4S/c1-23-28(34)14-9-15-29(23)37(42(2,40)41)22-31(38)36(21-25-16-18-26(33)19-17-25)30(20-24-10-5-3-6-11-24)32(39)35-27-12-7-4-8-13-27/h3,5-6,9-11,14-19,27,30H,4,7-8,12-13,20-22H2,1-2H3,(H,35,39)/t30-/m1/s1. The molecule has 3 aromatic carbocycles. The summed E-state index contributed by atoms with van der Waals surface area (Å²) in [6, 6.07) is 21.3. The predicted molar refractivity (Wildman–Crippen MR) is 172 cm³/mol. The van der Waals surface area contributed by atoms with Gasteiger partial charge in [-0.15, -0.1) is 0 Å². The highest BCUT2D eigenvalue weighted by Crippen LogP contribution is 2.29. The van der Waals surface area contributed by atoms with E-state index < -0.39 is 28.5 Å². The van der Waals surface area contributed by atoms with Crippen LogP contribution in [-0.4, -0.2) is 50.0 Å². The molecule has 2 amide bonds. The normalized spacial score (nSPS) is 14.7. The first-order valence-electron chi connectivity index (χ1n) is 14.1. The topological polar surface area (TPSA) is 86.8 Å². The van der Waals surface area contributed by atoms with Gasteiger partial charge in [0.15, 0.2) is 0 Å². The molecule has 10 heteroatoms. The lowest BCUT2D eigenvalue weighted by Gasteiger charge is -2.35. The number of hydrogen-bond donors (Lipinski definition) is 1. The predicted octanol–water partition coefficient (Wildman–Crippen LogP) is 6.27. The van der Waals surface area contributed by atoms with E-state index in [0.29, 0.717) is 16.3 Å². The van der Waals surface area contributed by atoms with Crippen LogP contribution in [-0.2, 0) is 32.6 Å². The molecule has 3 aromatic rings. The quantitative estimate of drug-likeness (QED) is 0.260. The maximum absolute atomic E-state index is 14.3. The van der Waals surface area contributed by atoms with Gasteiger partial charge in [0.05, 0.1) is 11.9 Å². The third-order valence-electron chi connectivity index (χ3n) is 7.68. The molecule has 0 heterocycles. The van der Waals surface area contributed by atoms with Crippen molar-refractivity contribution in [2.45, 2.75) is 64.1 Å². The summed E-state index contributed by atoms with van der Waals surface area (Å²) in [4.78, 5) is 29.8. The van der Waals surface area contributed by atoms with Gasteiger partial charge in [0.2, 0.25) is 21.8 Å². The molecule has 0 aliphatic heterocycles. The molecular formula is C32H37BrClN3O4S. The van der Waals surface area contributed by atoms with E-state index in [0.717, 1.165) is 58.3 Å². The van der Waals surface area contributed by atoms with Gasteiger partial charge < -0.3 is 10.2 Å². The van der Waals surface area contributed by atoms with E-state index in [2.05, 4.69) is 21.2 Å². The molecule has 42 heavy (non-hydrogen) atoms. The lowest BCUT2D eigenvalue weighted by molar-refractivity contribution is -0.140. The average Bonchev–Trinajstić information content (AvgIpc) is 2.96. The Kier molecular flexibility index (Phi) is 11.1. The monoisotopic (exact) mass is 673 g/mol. The number of benzene rings is 3. The second-order valence-corrected chi connectivity index (χ2v) is 14.1. The average molecular weight is 675 g/mol. The molecule has 0 unspecified atom stereocenters. The van der Waals surface area contributed by atoms with Crippen LogP contribution >= 0.6 is 27.5 Å². The summed E-state index contributed by atoms with van der Waals surface area (Å²) in [6.45, 7) is 1.38. The largest absolute Gasteiger partial charge is 0.352 e. The number of sulfonamides is 1. The number of nitrogens with one attached hydrogen (secondary N) is 1. The van der Waals surface area contributed by atoms with E-state index in [1.807, 2.05) is 54.6 Å². The van der Waals surface area contributed by atoms with Crippen molar-refractivity contribution in [3.8, 4) is 0 Å². The first kappa shape index (κ1) is 32.0. The maximum Gasteiger partial charge on any atom is 0.244 e. The fourth-order valence-electron chi connectivity index (χ4n) is 5.35. The third kappa shape index (κ3) is 8.58. The highest BCUT2D eigenvalue weighted by atomic mass is 79.9. The molecule has 1 saturated carbocycles. The first-order chi connectivity index (χ1) is 20.0. The number of anilines is 1. The summed E-state index contributed by atoms with van der Waals surface area (Å²) in [5, 5.41) is 3.61. The Morgan fingerprint density at radius 2 is 1.62 bits per heavy atom. The minimum Gasteiger partial charge on any atom is -0.352 e. The van der Waals surface area contributed by atoms with Crippen LogP contribution in [0.2, 0.25) is 5.02 Å². The zero-order valence-electron chi connectivity index (χ0n) is 23.9. The summed E-state index contributed by atoms with van der Waals surface area (Å²) in [6.07, 6.45) is 6.42. The van der Waals surface area contributed by atoms with Crippen LogP contribution < -0.4 is 9.62 Å². The molecule has 1 fully saturated rings. The maximum atomic E-state index is 14.3. The van der Waals surface area contributed by atoms with Crippen LogP contribution in [0.25, 0.3) is 0 Å². The van der Waals surface area contributed by atoms with Gasteiger partial charge in [-0.05, 0) is 60.7 Å². The zero-order chi connectivity index (χ0) is 30.3. The number of hydrogen-bond acceptors (Lipinski definition) is 4. The number of nitrogens with zero attached hydrogens (tertiary/aromatic N) is 2. The molecular weight excluding hydrogens is 638 g/mol. The van der Waals surface area contributed by atoms with E-state index >= 15 is 0 Å². The molecule has 1 N–H and O–H groups in total. The molecule has 0 spiro atoms. The van der Waals surface area contributed by atoms with Gasteiger partial charge >= 0.3 is 0 Å². The Bertz CT molecular complexity index is 1480. The fourth-order valence-corrected chi connectivity index (χ4v) is 6.68. The van der Waals surface area contributed by atoms with Crippen LogP contribution in [0.5, 0.6) is 0 Å². The van der Waals surface area contributed by atoms with Crippen LogP contribution in [0.3, 0.4) is 0 Å². The van der Waals surface area contributed by atoms with Crippen molar-refractivity contribution in [2.75, 3.05) is 17.1 Å². The van der Waals surface area contributed by atoms with E-state index in [1.54, 1.807) is 25.1 Å². The molecule has 7 nitrogen and oxygen atoms in total. The van der Waals surface area contributed by atoms with Crippen molar-refractivity contribution in [1.29, 1.82) is 0 Å². The summed E-state index contributed by atoms with van der Waals surface area (Å²) in [5.74, 6) is -0.719. The highest BCUT2D eigenvalue weighted by molar-refractivity contribution is 9.10. The van der Waals surface area contributed by atoms with Crippen LogP contribution in [0.15, 0.2) is 77.3 Å². The van der Waals surface area contributed by atoms with Gasteiger partial charge in [0.1, 0.15) is 12.6 Å². The number of carbonyl (C=O) groups excluding carboxylic acids is 2. The Morgan fingerprint density at radius 1 is 0.952 bits per heavy atom. The Balaban J connectivity index is 1.73. The molecule has 0 bridgehead atoms. The van der Waals surface area contributed by atoms with Crippen molar-refractivity contribution in [2.24, 2.45) is 0 Å². The summed E-state index contributed by atoms with van der Waals surface area (Å²) < 4.78 is 28.0. The Hall–Kier alpha value is -2.88. The molecule has 1 aliphatic rings. The fraction of sp³-hybridized carbons (Fsp3) is 0.375.